The van der Waals surface area contributed by atoms with Crippen LogP contribution >= 0.6 is 0 Å². The fraction of sp³-hybridized carbons (Fsp3) is 0.381. The second kappa shape index (κ2) is 9.25. The number of benzene rings is 1. The Morgan fingerprint density at radius 2 is 1.91 bits per heavy atom. The van der Waals surface area contributed by atoms with E-state index in [4.69, 9.17) is 14.4 Å². The van der Waals surface area contributed by atoms with Crippen molar-refractivity contribution in [1.29, 1.82) is 0 Å². The van der Waals surface area contributed by atoms with Gasteiger partial charge in [-0.1, -0.05) is 5.16 Å². The summed E-state index contributed by atoms with van der Waals surface area (Å²) in [4.78, 5) is 24.9. The summed E-state index contributed by atoms with van der Waals surface area (Å²) in [5, 5.41) is 15.8. The van der Waals surface area contributed by atoms with Crippen LogP contribution in [0.2, 0.25) is 0 Å². The van der Waals surface area contributed by atoms with E-state index in [2.05, 4.69) is 25.4 Å². The number of rotatable bonds is 6. The number of methoxy groups -OCH3 is 1. The third-order valence-electron chi connectivity index (χ3n) is 5.53. The molecule has 0 atom stereocenters. The maximum absolute atomic E-state index is 13.4. The summed E-state index contributed by atoms with van der Waals surface area (Å²) in [6, 6.07) is 1.62. The van der Waals surface area contributed by atoms with Crippen LogP contribution in [0, 0.1) is 17.6 Å². The normalized spacial score (nSPS) is 18.3. The minimum absolute atomic E-state index is 0.106. The SMILES string of the molecule is COc1cnc(-c2noc([C@H]3CC[C@H](CNC(=O)c4cc(F)c(O)c(F)c4)CC3)n2)cn1. The van der Waals surface area contributed by atoms with E-state index in [-0.39, 0.29) is 17.4 Å². The number of ether oxygens (including phenoxy) is 1. The molecule has 32 heavy (non-hydrogen) atoms. The number of halogens is 2. The van der Waals surface area contributed by atoms with Crippen molar-refractivity contribution in [3.05, 3.63) is 47.6 Å². The number of amides is 1. The average Bonchev–Trinajstić information content (AvgIpc) is 3.31. The monoisotopic (exact) mass is 445 g/mol. The summed E-state index contributed by atoms with van der Waals surface area (Å²) in [6.07, 6.45) is 6.25. The van der Waals surface area contributed by atoms with Gasteiger partial charge in [-0.15, -0.1) is 0 Å². The number of aromatic nitrogens is 4. The van der Waals surface area contributed by atoms with Gasteiger partial charge in [-0.3, -0.25) is 4.79 Å². The van der Waals surface area contributed by atoms with Gasteiger partial charge in [-0.2, -0.15) is 4.98 Å². The van der Waals surface area contributed by atoms with E-state index < -0.39 is 23.3 Å². The van der Waals surface area contributed by atoms with Crippen molar-refractivity contribution in [2.45, 2.75) is 31.6 Å². The molecule has 0 saturated heterocycles. The Hall–Kier alpha value is -3.63. The minimum Gasteiger partial charge on any atom is -0.503 e. The van der Waals surface area contributed by atoms with Gasteiger partial charge in [-0.05, 0) is 43.7 Å². The summed E-state index contributed by atoms with van der Waals surface area (Å²) >= 11 is 0. The van der Waals surface area contributed by atoms with E-state index in [1.165, 1.54) is 19.5 Å². The lowest BCUT2D eigenvalue weighted by Gasteiger charge is -2.26. The van der Waals surface area contributed by atoms with E-state index in [1.807, 2.05) is 0 Å². The average molecular weight is 445 g/mol. The molecule has 0 unspecified atom stereocenters. The van der Waals surface area contributed by atoms with Crippen LogP contribution in [0.25, 0.3) is 11.5 Å². The number of phenolic OH excluding ortho intramolecular Hbond substituents is 1. The molecular weight excluding hydrogens is 424 g/mol. The Labute approximate surface area is 181 Å². The molecule has 0 aliphatic heterocycles. The van der Waals surface area contributed by atoms with Crippen LogP contribution in [0.15, 0.2) is 29.0 Å². The zero-order valence-electron chi connectivity index (χ0n) is 17.2. The van der Waals surface area contributed by atoms with Gasteiger partial charge in [0.15, 0.2) is 17.4 Å². The predicted octanol–water partition coefficient (Wildman–Crippen LogP) is 3.22. The maximum Gasteiger partial charge on any atom is 0.251 e. The number of aromatic hydroxyl groups is 1. The summed E-state index contributed by atoms with van der Waals surface area (Å²) in [7, 11) is 1.50. The lowest BCUT2D eigenvalue weighted by molar-refractivity contribution is 0.0941. The highest BCUT2D eigenvalue weighted by molar-refractivity contribution is 5.94. The standard InChI is InChI=1S/C21H21F2N5O4/c1-31-17-10-24-16(9-25-17)19-27-21(32-28-19)12-4-2-11(3-5-12)8-26-20(30)13-6-14(22)18(29)15(23)7-13/h6-7,9-12,29H,2-5,8H2,1H3,(H,26,30)/t11-,12-. The molecule has 168 valence electrons. The summed E-state index contributed by atoms with van der Waals surface area (Å²) in [5.41, 5.74) is 0.311. The first-order chi connectivity index (χ1) is 15.4. The number of nitrogens with one attached hydrogen (secondary N) is 1. The Bertz CT molecular complexity index is 1070. The van der Waals surface area contributed by atoms with Crippen molar-refractivity contribution in [1.82, 2.24) is 25.4 Å². The molecule has 3 aromatic rings. The number of nitrogens with zero attached hydrogens (tertiary/aromatic N) is 4. The number of hydrogen-bond donors (Lipinski definition) is 2. The Morgan fingerprint density at radius 1 is 1.19 bits per heavy atom. The largest absolute Gasteiger partial charge is 0.503 e. The van der Waals surface area contributed by atoms with Crippen LogP contribution in [0.1, 0.15) is 47.8 Å². The second-order valence-electron chi connectivity index (χ2n) is 7.62. The second-order valence-corrected chi connectivity index (χ2v) is 7.62. The zero-order chi connectivity index (χ0) is 22.7. The highest BCUT2D eigenvalue weighted by Crippen LogP contribution is 2.35. The predicted molar refractivity (Wildman–Crippen MR) is 107 cm³/mol. The van der Waals surface area contributed by atoms with Crippen molar-refractivity contribution in [3.8, 4) is 23.1 Å². The van der Waals surface area contributed by atoms with Crippen LogP contribution in [-0.2, 0) is 0 Å². The molecule has 1 aromatic carbocycles. The lowest BCUT2D eigenvalue weighted by atomic mass is 9.82. The van der Waals surface area contributed by atoms with Crippen molar-refractivity contribution in [2.24, 2.45) is 5.92 Å². The van der Waals surface area contributed by atoms with E-state index in [9.17, 15) is 13.6 Å². The number of carbonyl (C=O) groups is 1. The molecule has 1 amide bonds. The molecular formula is C21H21F2N5O4. The molecule has 4 rings (SSSR count). The summed E-state index contributed by atoms with van der Waals surface area (Å²) in [6.45, 7) is 0.381. The molecule has 2 aromatic heterocycles. The van der Waals surface area contributed by atoms with Gasteiger partial charge in [0.2, 0.25) is 17.6 Å². The first kappa shape index (κ1) is 21.6. The van der Waals surface area contributed by atoms with Crippen molar-refractivity contribution in [2.75, 3.05) is 13.7 Å². The van der Waals surface area contributed by atoms with E-state index in [0.29, 0.717) is 29.8 Å². The van der Waals surface area contributed by atoms with Crippen molar-refractivity contribution in [3.63, 3.8) is 0 Å². The Kier molecular flexibility index (Phi) is 6.24. The maximum atomic E-state index is 13.4. The summed E-state index contributed by atoms with van der Waals surface area (Å²) in [5.74, 6) is -2.41. The zero-order valence-corrected chi connectivity index (χ0v) is 17.2. The highest BCUT2D eigenvalue weighted by Gasteiger charge is 2.27. The van der Waals surface area contributed by atoms with E-state index in [1.54, 1.807) is 0 Å². The molecule has 1 saturated carbocycles. The third-order valence-corrected chi connectivity index (χ3v) is 5.53. The number of hydrogen-bond acceptors (Lipinski definition) is 8. The van der Waals surface area contributed by atoms with Crippen LogP contribution in [0.4, 0.5) is 8.78 Å². The molecule has 0 radical (unpaired) electrons. The van der Waals surface area contributed by atoms with Crippen molar-refractivity contribution >= 4 is 5.91 Å². The lowest BCUT2D eigenvalue weighted by Crippen LogP contribution is -2.31. The summed E-state index contributed by atoms with van der Waals surface area (Å²) < 4.78 is 37.3. The van der Waals surface area contributed by atoms with E-state index >= 15 is 0 Å². The van der Waals surface area contributed by atoms with Gasteiger partial charge in [0, 0.05) is 18.0 Å². The number of carbonyl (C=O) groups excluding carboxylic acids is 1. The molecule has 0 bridgehead atoms. The molecule has 1 aliphatic carbocycles. The van der Waals surface area contributed by atoms with Gasteiger partial charge in [0.05, 0.1) is 19.5 Å². The van der Waals surface area contributed by atoms with Gasteiger partial charge in [0.1, 0.15) is 5.69 Å². The first-order valence-corrected chi connectivity index (χ1v) is 10.1. The minimum atomic E-state index is -1.17. The highest BCUT2D eigenvalue weighted by atomic mass is 19.1. The quantitative estimate of drug-likeness (QED) is 0.593. The molecule has 2 N–H and O–H groups in total. The molecule has 2 heterocycles. The Balaban J connectivity index is 1.29. The van der Waals surface area contributed by atoms with Gasteiger partial charge < -0.3 is 19.7 Å². The molecule has 11 heteroatoms. The van der Waals surface area contributed by atoms with Crippen LogP contribution < -0.4 is 10.1 Å². The molecule has 1 fully saturated rings. The van der Waals surface area contributed by atoms with Crippen LogP contribution in [0.5, 0.6) is 11.6 Å². The van der Waals surface area contributed by atoms with Crippen LogP contribution in [-0.4, -0.2) is 44.8 Å². The fourth-order valence-electron chi connectivity index (χ4n) is 3.69. The smallest absolute Gasteiger partial charge is 0.251 e. The first-order valence-electron chi connectivity index (χ1n) is 10.1. The molecule has 9 nitrogen and oxygen atoms in total. The van der Waals surface area contributed by atoms with Gasteiger partial charge in [0.25, 0.3) is 5.91 Å². The fourth-order valence-corrected chi connectivity index (χ4v) is 3.69. The number of phenols is 1. The Morgan fingerprint density at radius 3 is 2.53 bits per heavy atom. The topological polar surface area (TPSA) is 123 Å². The van der Waals surface area contributed by atoms with Crippen LogP contribution in [0.3, 0.4) is 0 Å². The van der Waals surface area contributed by atoms with Gasteiger partial charge >= 0.3 is 0 Å². The van der Waals surface area contributed by atoms with Crippen molar-refractivity contribution < 1.29 is 27.9 Å². The molecule has 1 aliphatic rings. The third kappa shape index (κ3) is 4.66. The molecule has 0 spiro atoms. The van der Waals surface area contributed by atoms with E-state index in [0.717, 1.165) is 37.8 Å². The van der Waals surface area contributed by atoms with Gasteiger partial charge in [-0.25, -0.2) is 18.7 Å².